The van der Waals surface area contributed by atoms with E-state index in [0.717, 1.165) is 32.6 Å². The Morgan fingerprint density at radius 2 is 2.43 bits per heavy atom. The van der Waals surface area contributed by atoms with Gasteiger partial charge in [-0.15, -0.1) is 0 Å². The van der Waals surface area contributed by atoms with E-state index in [0.29, 0.717) is 5.92 Å². The zero-order valence-corrected chi connectivity index (χ0v) is 9.01. The fourth-order valence-electron chi connectivity index (χ4n) is 1.49. The molecule has 0 aromatic rings. The molecular formula is C10H20N2O2. The third-order valence-corrected chi connectivity index (χ3v) is 2.70. The van der Waals surface area contributed by atoms with Crippen LogP contribution in [0.2, 0.25) is 0 Å². The van der Waals surface area contributed by atoms with Crippen LogP contribution in [0, 0.1) is 5.92 Å². The molecule has 0 aromatic heterocycles. The summed E-state index contributed by atoms with van der Waals surface area (Å²) in [5.74, 6) is 0.714. The standard InChI is InChI=1S/C10H20N2O2/c1-8(11-2)10(13)12-5-3-9-4-6-14-7-9/h8-9,11H,3-7H2,1-2H3,(H,12,13). The highest BCUT2D eigenvalue weighted by molar-refractivity contribution is 5.81. The van der Waals surface area contributed by atoms with Crippen LogP contribution in [0.5, 0.6) is 0 Å². The van der Waals surface area contributed by atoms with Crippen molar-refractivity contribution in [2.45, 2.75) is 25.8 Å². The van der Waals surface area contributed by atoms with Crippen molar-refractivity contribution in [1.82, 2.24) is 10.6 Å². The molecule has 2 N–H and O–H groups in total. The number of rotatable bonds is 5. The molecule has 2 unspecified atom stereocenters. The van der Waals surface area contributed by atoms with Gasteiger partial charge in [0.25, 0.3) is 0 Å². The first-order chi connectivity index (χ1) is 6.74. The number of hydrogen-bond acceptors (Lipinski definition) is 3. The number of nitrogens with one attached hydrogen (secondary N) is 2. The molecule has 0 spiro atoms. The third-order valence-electron chi connectivity index (χ3n) is 2.70. The van der Waals surface area contributed by atoms with E-state index in [4.69, 9.17) is 4.74 Å². The monoisotopic (exact) mass is 200 g/mol. The van der Waals surface area contributed by atoms with E-state index in [2.05, 4.69) is 10.6 Å². The Hall–Kier alpha value is -0.610. The van der Waals surface area contributed by atoms with E-state index in [-0.39, 0.29) is 11.9 Å². The van der Waals surface area contributed by atoms with Crippen LogP contribution in [-0.4, -0.2) is 38.8 Å². The maximum Gasteiger partial charge on any atom is 0.236 e. The van der Waals surface area contributed by atoms with Crippen molar-refractivity contribution in [3.05, 3.63) is 0 Å². The zero-order valence-electron chi connectivity index (χ0n) is 9.01. The highest BCUT2D eigenvalue weighted by atomic mass is 16.5. The summed E-state index contributed by atoms with van der Waals surface area (Å²) in [6.07, 6.45) is 2.17. The van der Waals surface area contributed by atoms with E-state index in [9.17, 15) is 4.79 Å². The Bertz CT molecular complexity index is 179. The molecular weight excluding hydrogens is 180 g/mol. The second-order valence-corrected chi connectivity index (χ2v) is 3.82. The number of hydrogen-bond donors (Lipinski definition) is 2. The van der Waals surface area contributed by atoms with Crippen molar-refractivity contribution in [3.63, 3.8) is 0 Å². The van der Waals surface area contributed by atoms with Gasteiger partial charge in [-0.3, -0.25) is 4.79 Å². The Balaban J connectivity index is 2.05. The van der Waals surface area contributed by atoms with E-state index < -0.39 is 0 Å². The molecule has 0 aliphatic carbocycles. The second-order valence-electron chi connectivity index (χ2n) is 3.82. The topological polar surface area (TPSA) is 50.4 Å². The summed E-state index contributed by atoms with van der Waals surface area (Å²) in [5.41, 5.74) is 0. The largest absolute Gasteiger partial charge is 0.381 e. The lowest BCUT2D eigenvalue weighted by molar-refractivity contribution is -0.122. The molecule has 1 fully saturated rings. The fraction of sp³-hybridized carbons (Fsp3) is 0.900. The number of amides is 1. The molecule has 0 aromatic carbocycles. The molecule has 14 heavy (non-hydrogen) atoms. The van der Waals surface area contributed by atoms with E-state index in [1.807, 2.05) is 6.92 Å². The second kappa shape index (κ2) is 5.98. The van der Waals surface area contributed by atoms with Crippen molar-refractivity contribution in [3.8, 4) is 0 Å². The van der Waals surface area contributed by atoms with Crippen LogP contribution < -0.4 is 10.6 Å². The van der Waals surface area contributed by atoms with Crippen molar-refractivity contribution >= 4 is 5.91 Å². The normalized spacial score (nSPS) is 23.4. The van der Waals surface area contributed by atoms with Gasteiger partial charge in [0.2, 0.25) is 5.91 Å². The number of ether oxygens (including phenoxy) is 1. The molecule has 0 radical (unpaired) electrons. The molecule has 1 saturated heterocycles. The number of carbonyl (C=O) groups is 1. The molecule has 1 heterocycles. The van der Waals surface area contributed by atoms with Gasteiger partial charge < -0.3 is 15.4 Å². The average molecular weight is 200 g/mol. The SMILES string of the molecule is CNC(C)C(=O)NCCC1CCOC1. The minimum atomic E-state index is -0.102. The predicted octanol–water partition coefficient (Wildman–Crippen LogP) is 0.137. The van der Waals surface area contributed by atoms with Crippen LogP contribution in [0.3, 0.4) is 0 Å². The highest BCUT2D eigenvalue weighted by Crippen LogP contribution is 2.14. The Kier molecular flexibility index (Phi) is 4.90. The van der Waals surface area contributed by atoms with Crippen molar-refractivity contribution in [2.75, 3.05) is 26.8 Å². The molecule has 82 valence electrons. The average Bonchev–Trinajstić information content (AvgIpc) is 2.69. The van der Waals surface area contributed by atoms with Crippen LogP contribution >= 0.6 is 0 Å². The molecule has 4 nitrogen and oxygen atoms in total. The van der Waals surface area contributed by atoms with Gasteiger partial charge in [0.15, 0.2) is 0 Å². The van der Waals surface area contributed by atoms with Gasteiger partial charge in [-0.05, 0) is 32.7 Å². The summed E-state index contributed by atoms with van der Waals surface area (Å²) >= 11 is 0. The van der Waals surface area contributed by atoms with Crippen LogP contribution in [0.1, 0.15) is 19.8 Å². The van der Waals surface area contributed by atoms with Gasteiger partial charge in [-0.1, -0.05) is 0 Å². The van der Waals surface area contributed by atoms with Gasteiger partial charge in [0.1, 0.15) is 0 Å². The first-order valence-electron chi connectivity index (χ1n) is 5.26. The van der Waals surface area contributed by atoms with Crippen molar-refractivity contribution in [1.29, 1.82) is 0 Å². The maximum absolute atomic E-state index is 11.3. The van der Waals surface area contributed by atoms with E-state index >= 15 is 0 Å². The Morgan fingerprint density at radius 1 is 1.64 bits per heavy atom. The lowest BCUT2D eigenvalue weighted by atomic mass is 10.1. The molecule has 0 bridgehead atoms. The van der Waals surface area contributed by atoms with Crippen molar-refractivity contribution < 1.29 is 9.53 Å². The summed E-state index contributed by atoms with van der Waals surface area (Å²) < 4.78 is 5.26. The molecule has 1 rings (SSSR count). The van der Waals surface area contributed by atoms with Gasteiger partial charge in [-0.2, -0.15) is 0 Å². The molecule has 1 amide bonds. The van der Waals surface area contributed by atoms with Crippen LogP contribution in [0.15, 0.2) is 0 Å². The van der Waals surface area contributed by atoms with Crippen molar-refractivity contribution in [2.24, 2.45) is 5.92 Å². The quantitative estimate of drug-likeness (QED) is 0.663. The summed E-state index contributed by atoms with van der Waals surface area (Å²) in [5, 5.41) is 5.81. The lowest BCUT2D eigenvalue weighted by Crippen LogP contribution is -2.41. The van der Waals surface area contributed by atoms with Crippen LogP contribution in [-0.2, 0) is 9.53 Å². The van der Waals surface area contributed by atoms with Gasteiger partial charge in [0, 0.05) is 19.8 Å². The molecule has 2 atom stereocenters. The highest BCUT2D eigenvalue weighted by Gasteiger charge is 2.16. The summed E-state index contributed by atoms with van der Waals surface area (Å²) in [6, 6.07) is -0.102. The maximum atomic E-state index is 11.3. The Morgan fingerprint density at radius 3 is 3.00 bits per heavy atom. The molecule has 1 aliphatic heterocycles. The minimum absolute atomic E-state index is 0.0754. The van der Waals surface area contributed by atoms with Gasteiger partial charge in [0.05, 0.1) is 6.04 Å². The molecule has 4 heteroatoms. The molecule has 0 saturated carbocycles. The van der Waals surface area contributed by atoms with Gasteiger partial charge >= 0.3 is 0 Å². The number of carbonyl (C=O) groups excluding carboxylic acids is 1. The zero-order chi connectivity index (χ0) is 10.4. The first-order valence-corrected chi connectivity index (χ1v) is 5.26. The van der Waals surface area contributed by atoms with Gasteiger partial charge in [-0.25, -0.2) is 0 Å². The van der Waals surface area contributed by atoms with E-state index in [1.54, 1.807) is 7.05 Å². The summed E-state index contributed by atoms with van der Waals surface area (Å²) in [4.78, 5) is 11.3. The predicted molar refractivity (Wildman–Crippen MR) is 55.1 cm³/mol. The van der Waals surface area contributed by atoms with Crippen LogP contribution in [0.4, 0.5) is 0 Å². The third kappa shape index (κ3) is 3.64. The molecule has 1 aliphatic rings. The fourth-order valence-corrected chi connectivity index (χ4v) is 1.49. The first kappa shape index (κ1) is 11.5. The number of likely N-dealkylation sites (N-methyl/N-ethyl adjacent to an activating group) is 1. The van der Waals surface area contributed by atoms with E-state index in [1.165, 1.54) is 0 Å². The Labute approximate surface area is 85.4 Å². The smallest absolute Gasteiger partial charge is 0.236 e. The summed E-state index contributed by atoms with van der Waals surface area (Å²) in [6.45, 7) is 4.36. The lowest BCUT2D eigenvalue weighted by Gasteiger charge is -2.12. The summed E-state index contributed by atoms with van der Waals surface area (Å²) in [7, 11) is 1.79. The minimum Gasteiger partial charge on any atom is -0.381 e. The van der Waals surface area contributed by atoms with Crippen LogP contribution in [0.25, 0.3) is 0 Å².